The van der Waals surface area contributed by atoms with Crippen molar-refractivity contribution in [3.63, 3.8) is 0 Å². The predicted molar refractivity (Wildman–Crippen MR) is 115 cm³/mol. The van der Waals surface area contributed by atoms with Gasteiger partial charge in [-0.15, -0.1) is 0 Å². The molecule has 8 heteroatoms. The minimum absolute atomic E-state index is 0.0695. The first kappa shape index (κ1) is 20.4. The Morgan fingerprint density at radius 2 is 1.89 bits per heavy atom. The van der Waals surface area contributed by atoms with Gasteiger partial charge in [-0.2, -0.15) is 0 Å². The number of anilines is 2. The highest BCUT2D eigenvalue weighted by Crippen LogP contribution is 2.25. The van der Waals surface area contributed by atoms with Crippen molar-refractivity contribution in [3.05, 3.63) is 15.7 Å². The lowest BCUT2D eigenvalue weighted by atomic mass is 10.1. The number of piperidine rings is 1. The van der Waals surface area contributed by atoms with Gasteiger partial charge in [-0.1, -0.05) is 0 Å². The summed E-state index contributed by atoms with van der Waals surface area (Å²) in [7, 11) is 0. The Labute approximate surface area is 174 Å². The fourth-order valence-electron chi connectivity index (χ4n) is 3.36. The lowest BCUT2D eigenvalue weighted by molar-refractivity contribution is 0.0500. The average molecular weight is 488 g/mol. The van der Waals surface area contributed by atoms with Crippen molar-refractivity contribution in [2.24, 2.45) is 0 Å². The molecule has 2 aliphatic heterocycles. The highest BCUT2D eigenvalue weighted by molar-refractivity contribution is 14.1. The molecule has 1 atom stereocenters. The molecule has 0 aliphatic carbocycles. The van der Waals surface area contributed by atoms with E-state index in [9.17, 15) is 4.79 Å². The molecule has 1 aromatic rings. The highest BCUT2D eigenvalue weighted by Gasteiger charge is 2.25. The van der Waals surface area contributed by atoms with Crippen LogP contribution in [0.2, 0.25) is 0 Å². The molecule has 0 radical (unpaired) electrons. The molecule has 1 amide bonds. The Morgan fingerprint density at radius 3 is 2.56 bits per heavy atom. The van der Waals surface area contributed by atoms with Crippen LogP contribution in [-0.2, 0) is 9.47 Å². The van der Waals surface area contributed by atoms with Crippen LogP contribution in [0.3, 0.4) is 0 Å². The Hall–Kier alpha value is -1.29. The zero-order valence-electron chi connectivity index (χ0n) is 16.3. The number of pyridine rings is 1. The summed E-state index contributed by atoms with van der Waals surface area (Å²) in [5, 5.41) is 3.01. The van der Waals surface area contributed by atoms with Crippen molar-refractivity contribution in [2.75, 3.05) is 49.2 Å². The molecule has 2 aliphatic rings. The molecule has 3 heterocycles. The summed E-state index contributed by atoms with van der Waals surface area (Å²) in [6.07, 6.45) is 1.62. The van der Waals surface area contributed by atoms with Crippen LogP contribution in [0.25, 0.3) is 0 Å². The Morgan fingerprint density at radius 1 is 1.22 bits per heavy atom. The fraction of sp³-hybridized carbons (Fsp3) is 0.684. The minimum atomic E-state index is -0.484. The number of nitrogens with one attached hydrogen (secondary N) is 1. The number of amides is 1. The van der Waals surface area contributed by atoms with E-state index in [0.717, 1.165) is 63.9 Å². The van der Waals surface area contributed by atoms with E-state index in [1.165, 1.54) is 3.57 Å². The quantitative estimate of drug-likeness (QED) is 0.661. The normalized spacial score (nSPS) is 21.1. The number of nitrogens with zero attached hydrogens (tertiary/aromatic N) is 3. The van der Waals surface area contributed by atoms with Crippen LogP contribution in [0.1, 0.15) is 33.6 Å². The van der Waals surface area contributed by atoms with Crippen LogP contribution in [0.5, 0.6) is 0 Å². The van der Waals surface area contributed by atoms with Gasteiger partial charge in [-0.05, 0) is 68.3 Å². The number of hydrogen-bond donors (Lipinski definition) is 1. The number of halogens is 1. The lowest BCUT2D eigenvalue weighted by Gasteiger charge is -2.35. The number of carbonyl (C=O) groups is 1. The van der Waals surface area contributed by atoms with Crippen molar-refractivity contribution >= 4 is 40.3 Å². The van der Waals surface area contributed by atoms with E-state index in [0.29, 0.717) is 0 Å². The maximum atomic E-state index is 12.1. The number of morpholine rings is 1. The van der Waals surface area contributed by atoms with E-state index >= 15 is 0 Å². The Bertz CT molecular complexity index is 659. The average Bonchev–Trinajstić information content (AvgIpc) is 2.60. The van der Waals surface area contributed by atoms with Gasteiger partial charge in [0.2, 0.25) is 0 Å². The number of alkyl carbamates (subject to hydrolysis) is 1. The topological polar surface area (TPSA) is 66.9 Å². The summed E-state index contributed by atoms with van der Waals surface area (Å²) in [5.41, 5.74) is -0.484. The van der Waals surface area contributed by atoms with E-state index < -0.39 is 5.60 Å². The number of hydrogen-bond acceptors (Lipinski definition) is 6. The molecule has 0 aromatic carbocycles. The molecule has 1 N–H and O–H groups in total. The molecular formula is C19H29IN4O3. The van der Waals surface area contributed by atoms with Crippen molar-refractivity contribution < 1.29 is 14.3 Å². The van der Waals surface area contributed by atoms with Gasteiger partial charge in [0.05, 0.1) is 13.2 Å². The molecular weight excluding hydrogens is 459 g/mol. The third kappa shape index (κ3) is 6.10. The first-order valence-electron chi connectivity index (χ1n) is 9.55. The highest BCUT2D eigenvalue weighted by atomic mass is 127. The molecule has 7 nitrogen and oxygen atoms in total. The molecule has 3 rings (SSSR count). The lowest BCUT2D eigenvalue weighted by Crippen LogP contribution is -2.49. The SMILES string of the molecule is CC(C)(C)OC(=O)N[C@H]1CCCN(c2cc(I)cc(N3CCOCC3)n2)C1. The Kier molecular flexibility index (Phi) is 6.67. The van der Waals surface area contributed by atoms with Crippen LogP contribution in [0, 0.1) is 3.57 Å². The number of carbonyl (C=O) groups excluding carboxylic acids is 1. The first-order valence-corrected chi connectivity index (χ1v) is 10.6. The van der Waals surface area contributed by atoms with Gasteiger partial charge in [0, 0.05) is 35.8 Å². The van der Waals surface area contributed by atoms with E-state index in [-0.39, 0.29) is 12.1 Å². The number of ether oxygens (including phenoxy) is 2. The van der Waals surface area contributed by atoms with Crippen molar-refractivity contribution in [1.29, 1.82) is 0 Å². The van der Waals surface area contributed by atoms with Crippen LogP contribution < -0.4 is 15.1 Å². The summed E-state index contributed by atoms with van der Waals surface area (Å²) < 4.78 is 12.0. The maximum Gasteiger partial charge on any atom is 0.407 e. The first-order chi connectivity index (χ1) is 12.8. The molecule has 2 saturated heterocycles. The fourth-order valence-corrected chi connectivity index (χ4v) is 3.92. The molecule has 2 fully saturated rings. The zero-order valence-corrected chi connectivity index (χ0v) is 18.5. The summed E-state index contributed by atoms with van der Waals surface area (Å²) in [4.78, 5) is 21.5. The monoisotopic (exact) mass is 488 g/mol. The summed E-state index contributed by atoms with van der Waals surface area (Å²) in [6.45, 7) is 10.6. The number of rotatable bonds is 3. The third-order valence-corrected chi connectivity index (χ3v) is 5.19. The second-order valence-electron chi connectivity index (χ2n) is 8.03. The molecule has 27 heavy (non-hydrogen) atoms. The van der Waals surface area contributed by atoms with Gasteiger partial charge in [-0.25, -0.2) is 9.78 Å². The van der Waals surface area contributed by atoms with Crippen LogP contribution >= 0.6 is 22.6 Å². The van der Waals surface area contributed by atoms with E-state index in [2.05, 4.69) is 49.8 Å². The van der Waals surface area contributed by atoms with Crippen LogP contribution in [0.15, 0.2) is 12.1 Å². The molecule has 0 bridgehead atoms. The van der Waals surface area contributed by atoms with E-state index in [4.69, 9.17) is 14.5 Å². The van der Waals surface area contributed by atoms with Crippen molar-refractivity contribution in [2.45, 2.75) is 45.3 Å². The van der Waals surface area contributed by atoms with Gasteiger partial charge in [0.15, 0.2) is 0 Å². The van der Waals surface area contributed by atoms with Gasteiger partial charge in [-0.3, -0.25) is 0 Å². The van der Waals surface area contributed by atoms with Gasteiger partial charge in [0.25, 0.3) is 0 Å². The zero-order chi connectivity index (χ0) is 19.4. The number of aromatic nitrogens is 1. The molecule has 1 aromatic heterocycles. The van der Waals surface area contributed by atoms with Crippen LogP contribution in [0.4, 0.5) is 16.4 Å². The van der Waals surface area contributed by atoms with Crippen molar-refractivity contribution in [1.82, 2.24) is 10.3 Å². The largest absolute Gasteiger partial charge is 0.444 e. The predicted octanol–water partition coefficient (Wildman–Crippen LogP) is 3.02. The standard InChI is InChI=1S/C19H29IN4O3/c1-19(2,3)27-18(25)21-15-5-4-6-24(13-15)17-12-14(20)11-16(22-17)23-7-9-26-10-8-23/h11-12,15H,4-10,13H2,1-3H3,(H,21,25)/t15-/m0/s1. The van der Waals surface area contributed by atoms with Crippen molar-refractivity contribution in [3.8, 4) is 0 Å². The van der Waals surface area contributed by atoms with Gasteiger partial charge in [0.1, 0.15) is 17.2 Å². The van der Waals surface area contributed by atoms with E-state index in [1.807, 2.05) is 20.8 Å². The summed E-state index contributed by atoms with van der Waals surface area (Å²) in [6, 6.07) is 4.30. The van der Waals surface area contributed by atoms with Gasteiger partial charge >= 0.3 is 6.09 Å². The van der Waals surface area contributed by atoms with E-state index in [1.54, 1.807) is 0 Å². The minimum Gasteiger partial charge on any atom is -0.444 e. The summed E-state index contributed by atoms with van der Waals surface area (Å²) in [5.74, 6) is 1.97. The van der Waals surface area contributed by atoms with Crippen LogP contribution in [-0.4, -0.2) is 62.1 Å². The second-order valence-corrected chi connectivity index (χ2v) is 9.28. The Balaban J connectivity index is 1.66. The summed E-state index contributed by atoms with van der Waals surface area (Å²) >= 11 is 2.35. The maximum absolute atomic E-state index is 12.1. The smallest absolute Gasteiger partial charge is 0.407 e. The molecule has 0 spiro atoms. The molecule has 0 unspecified atom stereocenters. The molecule has 150 valence electrons. The third-order valence-electron chi connectivity index (χ3n) is 4.56. The van der Waals surface area contributed by atoms with Gasteiger partial charge < -0.3 is 24.6 Å². The second kappa shape index (κ2) is 8.81. The molecule has 0 saturated carbocycles.